The zero-order chi connectivity index (χ0) is 18.6. The number of anilines is 1. The summed E-state index contributed by atoms with van der Waals surface area (Å²) in [6.45, 7) is 3.66. The highest BCUT2D eigenvalue weighted by atomic mass is 16.5. The van der Waals surface area contributed by atoms with Crippen LogP contribution in [0.25, 0.3) is 0 Å². The number of benzene rings is 2. The normalized spacial score (nSPS) is 19.2. The molecule has 5 heteroatoms. The van der Waals surface area contributed by atoms with E-state index >= 15 is 0 Å². The molecule has 138 valence electrons. The minimum atomic E-state index is -0.260. The van der Waals surface area contributed by atoms with E-state index in [-0.39, 0.29) is 18.1 Å². The second-order valence-electron chi connectivity index (χ2n) is 6.89. The van der Waals surface area contributed by atoms with E-state index in [0.29, 0.717) is 5.56 Å². The molecule has 1 aliphatic heterocycles. The maximum atomic E-state index is 12.3. The lowest BCUT2D eigenvalue weighted by molar-refractivity contribution is 0.0294. The van der Waals surface area contributed by atoms with Gasteiger partial charge in [-0.05, 0) is 24.6 Å². The van der Waals surface area contributed by atoms with Gasteiger partial charge in [0.05, 0.1) is 18.2 Å². The molecule has 3 aromatic rings. The Morgan fingerprint density at radius 3 is 2.52 bits per heavy atom. The van der Waals surface area contributed by atoms with Gasteiger partial charge in [0, 0.05) is 25.2 Å². The van der Waals surface area contributed by atoms with Crippen molar-refractivity contribution in [2.45, 2.75) is 32.0 Å². The Balaban J connectivity index is 1.40. The van der Waals surface area contributed by atoms with Crippen molar-refractivity contribution in [3.8, 4) is 0 Å². The van der Waals surface area contributed by atoms with Gasteiger partial charge in [-0.15, -0.1) is 0 Å². The molecular formula is C22H23N3O2. The number of aromatic nitrogens is 2. The number of esters is 1. The van der Waals surface area contributed by atoms with Crippen molar-refractivity contribution < 1.29 is 9.53 Å². The molecule has 27 heavy (non-hydrogen) atoms. The molecule has 0 N–H and O–H groups in total. The predicted octanol–water partition coefficient (Wildman–Crippen LogP) is 3.76. The number of carbonyl (C=O) groups is 1. The van der Waals surface area contributed by atoms with Gasteiger partial charge in [0.25, 0.3) is 0 Å². The van der Waals surface area contributed by atoms with Crippen LogP contribution in [0.2, 0.25) is 0 Å². The second-order valence-corrected chi connectivity index (χ2v) is 6.89. The summed E-state index contributed by atoms with van der Waals surface area (Å²) in [5.74, 6) is 0.667. The highest BCUT2D eigenvalue weighted by Gasteiger charge is 2.34. The number of carbonyl (C=O) groups excluding carboxylic acids is 1. The van der Waals surface area contributed by atoms with Crippen molar-refractivity contribution >= 4 is 11.8 Å². The molecule has 1 fully saturated rings. The minimum absolute atomic E-state index is 0.0951. The van der Waals surface area contributed by atoms with Gasteiger partial charge in [-0.25, -0.2) is 4.79 Å². The third-order valence-corrected chi connectivity index (χ3v) is 5.06. The molecule has 2 aromatic carbocycles. The maximum absolute atomic E-state index is 12.3. The Bertz CT molecular complexity index is 892. The van der Waals surface area contributed by atoms with E-state index in [0.717, 1.165) is 25.3 Å². The zero-order valence-electron chi connectivity index (χ0n) is 15.4. The Hall–Kier alpha value is -3.08. The Morgan fingerprint density at radius 1 is 1.07 bits per heavy atom. The Kier molecular flexibility index (Phi) is 4.92. The van der Waals surface area contributed by atoms with Gasteiger partial charge in [-0.3, -0.25) is 4.68 Å². The number of rotatable bonds is 5. The lowest BCUT2D eigenvalue weighted by atomic mass is 10.2. The maximum Gasteiger partial charge on any atom is 0.338 e. The average molecular weight is 361 g/mol. The SMILES string of the molecule is C[C@H]1[C@H](OC(=O)c2ccccc2)CCN1c1ccn(Cc2ccccc2)n1. The van der Waals surface area contributed by atoms with Crippen LogP contribution in [0.15, 0.2) is 72.9 Å². The minimum Gasteiger partial charge on any atom is -0.457 e. The molecule has 2 atom stereocenters. The molecule has 1 saturated heterocycles. The van der Waals surface area contributed by atoms with Crippen molar-refractivity contribution in [3.63, 3.8) is 0 Å². The van der Waals surface area contributed by atoms with Crippen molar-refractivity contribution in [1.29, 1.82) is 0 Å². The van der Waals surface area contributed by atoms with Crippen LogP contribution in [0.5, 0.6) is 0 Å². The van der Waals surface area contributed by atoms with Crippen LogP contribution in [0.4, 0.5) is 5.82 Å². The van der Waals surface area contributed by atoms with E-state index in [4.69, 9.17) is 9.84 Å². The fraction of sp³-hybridized carbons (Fsp3) is 0.273. The van der Waals surface area contributed by atoms with Gasteiger partial charge in [-0.2, -0.15) is 5.10 Å². The van der Waals surface area contributed by atoms with Crippen molar-refractivity contribution in [1.82, 2.24) is 9.78 Å². The van der Waals surface area contributed by atoms with E-state index in [2.05, 4.69) is 24.0 Å². The zero-order valence-corrected chi connectivity index (χ0v) is 15.4. The molecule has 0 unspecified atom stereocenters. The van der Waals surface area contributed by atoms with Crippen LogP contribution in [-0.4, -0.2) is 34.4 Å². The van der Waals surface area contributed by atoms with E-state index in [1.807, 2.05) is 53.3 Å². The summed E-state index contributed by atoms with van der Waals surface area (Å²) in [5.41, 5.74) is 1.81. The van der Waals surface area contributed by atoms with Crippen molar-refractivity contribution in [2.75, 3.05) is 11.4 Å². The average Bonchev–Trinajstić information content (AvgIpc) is 3.30. The van der Waals surface area contributed by atoms with Gasteiger partial charge in [-0.1, -0.05) is 48.5 Å². The van der Waals surface area contributed by atoms with Gasteiger partial charge in [0.15, 0.2) is 5.82 Å². The van der Waals surface area contributed by atoms with Crippen molar-refractivity contribution in [2.24, 2.45) is 0 Å². The molecule has 0 amide bonds. The molecule has 0 spiro atoms. The van der Waals surface area contributed by atoms with Crippen LogP contribution in [0.1, 0.15) is 29.3 Å². The third kappa shape index (κ3) is 3.87. The number of hydrogen-bond donors (Lipinski definition) is 0. The monoisotopic (exact) mass is 361 g/mol. The number of hydrogen-bond acceptors (Lipinski definition) is 4. The summed E-state index contributed by atoms with van der Waals surface area (Å²) in [5, 5.41) is 4.71. The molecule has 5 nitrogen and oxygen atoms in total. The fourth-order valence-corrected chi connectivity index (χ4v) is 3.53. The molecule has 0 saturated carbocycles. The lowest BCUT2D eigenvalue weighted by Gasteiger charge is -2.24. The molecule has 0 radical (unpaired) electrons. The smallest absolute Gasteiger partial charge is 0.338 e. The molecule has 2 heterocycles. The molecular weight excluding hydrogens is 338 g/mol. The van der Waals surface area contributed by atoms with E-state index in [1.165, 1.54) is 5.56 Å². The first-order valence-electron chi connectivity index (χ1n) is 9.31. The lowest BCUT2D eigenvalue weighted by Crippen LogP contribution is -2.35. The molecule has 1 aromatic heterocycles. The fourth-order valence-electron chi connectivity index (χ4n) is 3.53. The number of nitrogens with zero attached hydrogens (tertiary/aromatic N) is 3. The molecule has 0 bridgehead atoms. The first-order chi connectivity index (χ1) is 13.2. The summed E-state index contributed by atoms with van der Waals surface area (Å²) >= 11 is 0. The molecule has 4 rings (SSSR count). The molecule has 1 aliphatic rings. The highest BCUT2D eigenvalue weighted by Crippen LogP contribution is 2.27. The number of ether oxygens (including phenoxy) is 1. The van der Waals surface area contributed by atoms with E-state index < -0.39 is 0 Å². The Morgan fingerprint density at radius 2 is 1.78 bits per heavy atom. The van der Waals surface area contributed by atoms with Crippen LogP contribution >= 0.6 is 0 Å². The topological polar surface area (TPSA) is 47.4 Å². The summed E-state index contributed by atoms with van der Waals surface area (Å²) in [4.78, 5) is 14.5. The van der Waals surface area contributed by atoms with Crippen LogP contribution in [0.3, 0.4) is 0 Å². The van der Waals surface area contributed by atoms with Gasteiger partial charge < -0.3 is 9.64 Å². The standard InChI is InChI=1S/C22H23N3O2/c1-17-20(27-22(26)19-10-6-3-7-11-19)12-15-25(17)21-13-14-24(23-21)16-18-8-4-2-5-9-18/h2-11,13-14,17,20H,12,15-16H2,1H3/t17-,20+/m0/s1. The summed E-state index contributed by atoms with van der Waals surface area (Å²) < 4.78 is 7.69. The van der Waals surface area contributed by atoms with E-state index in [1.54, 1.807) is 12.1 Å². The van der Waals surface area contributed by atoms with Gasteiger partial charge >= 0.3 is 5.97 Å². The van der Waals surface area contributed by atoms with Crippen molar-refractivity contribution in [3.05, 3.63) is 84.1 Å². The second kappa shape index (κ2) is 7.66. The first kappa shape index (κ1) is 17.3. The quantitative estimate of drug-likeness (QED) is 0.649. The largest absolute Gasteiger partial charge is 0.457 e. The van der Waals surface area contributed by atoms with Gasteiger partial charge in [0.2, 0.25) is 0 Å². The van der Waals surface area contributed by atoms with E-state index in [9.17, 15) is 4.79 Å². The highest BCUT2D eigenvalue weighted by molar-refractivity contribution is 5.89. The van der Waals surface area contributed by atoms with Crippen LogP contribution < -0.4 is 4.90 Å². The predicted molar refractivity (Wildman–Crippen MR) is 105 cm³/mol. The summed E-state index contributed by atoms with van der Waals surface area (Å²) in [6.07, 6.45) is 2.68. The Labute approximate surface area is 159 Å². The summed E-state index contributed by atoms with van der Waals surface area (Å²) in [6, 6.07) is 21.6. The third-order valence-electron chi connectivity index (χ3n) is 5.06. The van der Waals surface area contributed by atoms with Crippen LogP contribution in [-0.2, 0) is 11.3 Å². The van der Waals surface area contributed by atoms with Crippen LogP contribution in [0, 0.1) is 0 Å². The van der Waals surface area contributed by atoms with Gasteiger partial charge in [0.1, 0.15) is 6.10 Å². The first-order valence-corrected chi connectivity index (χ1v) is 9.31. The summed E-state index contributed by atoms with van der Waals surface area (Å²) in [7, 11) is 0. The molecule has 0 aliphatic carbocycles.